The van der Waals surface area contributed by atoms with Crippen LogP contribution in [0.4, 0.5) is 17.1 Å². The monoisotopic (exact) mass is 309 g/mol. The molecule has 0 saturated carbocycles. The molecule has 1 heterocycles. The Morgan fingerprint density at radius 1 is 1.00 bits per heavy atom. The van der Waals surface area contributed by atoms with E-state index < -0.39 is 0 Å². The molecular formula is C18H19N3O2. The third-order valence-corrected chi connectivity index (χ3v) is 4.08. The first-order valence-corrected chi connectivity index (χ1v) is 7.44. The molecule has 0 aliphatic carbocycles. The van der Waals surface area contributed by atoms with E-state index in [0.29, 0.717) is 5.56 Å². The molecule has 2 aromatic rings. The van der Waals surface area contributed by atoms with Crippen molar-refractivity contribution in [2.45, 2.75) is 0 Å². The van der Waals surface area contributed by atoms with Crippen molar-refractivity contribution in [1.82, 2.24) is 0 Å². The Morgan fingerprint density at radius 3 is 2.22 bits per heavy atom. The fourth-order valence-corrected chi connectivity index (χ4v) is 2.68. The summed E-state index contributed by atoms with van der Waals surface area (Å²) in [5, 5.41) is 0. The molecule has 0 bridgehead atoms. The van der Waals surface area contributed by atoms with E-state index in [0.717, 1.165) is 17.1 Å². The minimum Gasteiger partial charge on any atom is -0.378 e. The molecule has 5 nitrogen and oxygen atoms in total. The first kappa shape index (κ1) is 15.1. The Kier molecular flexibility index (Phi) is 3.78. The Labute approximate surface area is 135 Å². The van der Waals surface area contributed by atoms with Gasteiger partial charge in [-0.2, -0.15) is 0 Å². The summed E-state index contributed by atoms with van der Waals surface area (Å²) in [5.41, 5.74) is 3.11. The number of carbonyl (C=O) groups is 2. The van der Waals surface area contributed by atoms with Crippen LogP contribution in [0.2, 0.25) is 0 Å². The molecule has 0 saturated heterocycles. The van der Waals surface area contributed by atoms with E-state index in [2.05, 4.69) is 0 Å². The molecule has 3 rings (SSSR count). The number of para-hydroxylation sites is 2. The Balaban J connectivity index is 1.96. The first-order chi connectivity index (χ1) is 11.0. The van der Waals surface area contributed by atoms with Crippen LogP contribution in [0.3, 0.4) is 0 Å². The van der Waals surface area contributed by atoms with E-state index in [1.807, 2.05) is 55.4 Å². The average Bonchev–Trinajstić information content (AvgIpc) is 2.57. The number of carbonyl (C=O) groups excluding carboxylic acids is 2. The van der Waals surface area contributed by atoms with Crippen molar-refractivity contribution in [1.29, 1.82) is 0 Å². The summed E-state index contributed by atoms with van der Waals surface area (Å²) in [6.07, 6.45) is 0. The van der Waals surface area contributed by atoms with Crippen LogP contribution in [-0.4, -0.2) is 39.5 Å². The minimum absolute atomic E-state index is 0.0573. The van der Waals surface area contributed by atoms with E-state index >= 15 is 0 Å². The molecule has 0 atom stereocenters. The van der Waals surface area contributed by atoms with Crippen LogP contribution < -0.4 is 14.7 Å². The van der Waals surface area contributed by atoms with E-state index in [1.54, 1.807) is 29.0 Å². The number of amides is 2. The standard InChI is InChI=1S/C18H19N3O2/c1-19(2)14-10-8-13(9-11-14)18(23)21-12-17(22)20(3)15-6-4-5-7-16(15)21/h4-11H,12H2,1-3H3. The van der Waals surface area contributed by atoms with Crippen LogP contribution >= 0.6 is 0 Å². The molecular weight excluding hydrogens is 290 g/mol. The molecule has 2 aromatic carbocycles. The maximum atomic E-state index is 12.8. The van der Waals surface area contributed by atoms with E-state index in [4.69, 9.17) is 0 Å². The van der Waals surface area contributed by atoms with E-state index in [1.165, 1.54) is 0 Å². The van der Waals surface area contributed by atoms with Crippen molar-refractivity contribution in [2.75, 3.05) is 42.4 Å². The van der Waals surface area contributed by atoms with Gasteiger partial charge in [-0.05, 0) is 36.4 Å². The van der Waals surface area contributed by atoms with Crippen LogP contribution in [0.15, 0.2) is 48.5 Å². The van der Waals surface area contributed by atoms with Crippen molar-refractivity contribution in [3.05, 3.63) is 54.1 Å². The molecule has 0 spiro atoms. The van der Waals surface area contributed by atoms with E-state index in [9.17, 15) is 9.59 Å². The van der Waals surface area contributed by atoms with Crippen molar-refractivity contribution in [3.63, 3.8) is 0 Å². The smallest absolute Gasteiger partial charge is 0.258 e. The fraction of sp³-hybridized carbons (Fsp3) is 0.222. The summed E-state index contributed by atoms with van der Waals surface area (Å²) in [5.74, 6) is -0.258. The largest absolute Gasteiger partial charge is 0.378 e. The number of hydrogen-bond donors (Lipinski definition) is 0. The highest BCUT2D eigenvalue weighted by Crippen LogP contribution is 2.33. The summed E-state index contributed by atoms with van der Waals surface area (Å²) >= 11 is 0. The summed E-state index contributed by atoms with van der Waals surface area (Å²) in [4.78, 5) is 30.1. The molecule has 23 heavy (non-hydrogen) atoms. The zero-order chi connectivity index (χ0) is 16.6. The van der Waals surface area contributed by atoms with Gasteiger partial charge in [0.2, 0.25) is 5.91 Å². The molecule has 0 fully saturated rings. The van der Waals surface area contributed by atoms with Gasteiger partial charge in [0.1, 0.15) is 6.54 Å². The summed E-state index contributed by atoms with van der Waals surface area (Å²) in [6.45, 7) is 0.0573. The Bertz CT molecular complexity index is 753. The highest BCUT2D eigenvalue weighted by molar-refractivity contribution is 6.15. The maximum absolute atomic E-state index is 12.8. The second kappa shape index (κ2) is 5.76. The van der Waals surface area contributed by atoms with E-state index in [-0.39, 0.29) is 18.4 Å². The summed E-state index contributed by atoms with van der Waals surface area (Å²) < 4.78 is 0. The zero-order valence-electron chi connectivity index (χ0n) is 13.5. The number of nitrogens with zero attached hydrogens (tertiary/aromatic N) is 3. The van der Waals surface area contributed by atoms with Crippen LogP contribution in [0, 0.1) is 0 Å². The van der Waals surface area contributed by atoms with Gasteiger partial charge in [0, 0.05) is 32.4 Å². The predicted octanol–water partition coefficient (Wildman–Crippen LogP) is 2.38. The Hall–Kier alpha value is -2.82. The number of likely N-dealkylation sites (N-methyl/N-ethyl adjacent to an activating group) is 1. The SMILES string of the molecule is CN(C)c1ccc(C(=O)N2CC(=O)N(C)c3ccccc32)cc1. The summed E-state index contributed by atoms with van der Waals surface area (Å²) in [7, 11) is 5.63. The van der Waals surface area contributed by atoms with Crippen molar-refractivity contribution in [2.24, 2.45) is 0 Å². The lowest BCUT2D eigenvalue weighted by atomic mass is 10.1. The maximum Gasteiger partial charge on any atom is 0.258 e. The molecule has 2 amide bonds. The third kappa shape index (κ3) is 2.65. The minimum atomic E-state index is -0.163. The molecule has 0 radical (unpaired) electrons. The highest BCUT2D eigenvalue weighted by atomic mass is 16.2. The van der Waals surface area contributed by atoms with Gasteiger partial charge in [0.15, 0.2) is 0 Å². The second-order valence-electron chi connectivity index (χ2n) is 5.77. The molecule has 1 aliphatic rings. The van der Waals surface area contributed by atoms with Crippen LogP contribution in [0.5, 0.6) is 0 Å². The van der Waals surface area contributed by atoms with Gasteiger partial charge in [0.05, 0.1) is 11.4 Å². The van der Waals surface area contributed by atoms with Gasteiger partial charge < -0.3 is 9.80 Å². The lowest BCUT2D eigenvalue weighted by molar-refractivity contribution is -0.117. The summed E-state index contributed by atoms with van der Waals surface area (Å²) in [6, 6.07) is 14.8. The van der Waals surface area contributed by atoms with Gasteiger partial charge in [0.25, 0.3) is 5.91 Å². The van der Waals surface area contributed by atoms with Gasteiger partial charge >= 0.3 is 0 Å². The van der Waals surface area contributed by atoms with Gasteiger partial charge in [-0.15, -0.1) is 0 Å². The molecule has 0 aromatic heterocycles. The molecule has 5 heteroatoms. The normalized spacial score (nSPS) is 13.8. The topological polar surface area (TPSA) is 43.9 Å². The highest BCUT2D eigenvalue weighted by Gasteiger charge is 2.30. The number of fused-ring (bicyclic) bond motifs is 1. The van der Waals surface area contributed by atoms with Gasteiger partial charge in [-0.25, -0.2) is 0 Å². The number of hydrogen-bond acceptors (Lipinski definition) is 3. The molecule has 0 N–H and O–H groups in total. The molecule has 0 unspecified atom stereocenters. The lowest BCUT2D eigenvalue weighted by Gasteiger charge is -2.34. The number of anilines is 3. The van der Waals surface area contributed by atoms with Crippen LogP contribution in [-0.2, 0) is 4.79 Å². The number of benzene rings is 2. The quantitative estimate of drug-likeness (QED) is 0.855. The van der Waals surface area contributed by atoms with Crippen molar-refractivity contribution >= 4 is 28.9 Å². The Morgan fingerprint density at radius 2 is 1.61 bits per heavy atom. The zero-order valence-corrected chi connectivity index (χ0v) is 13.5. The van der Waals surface area contributed by atoms with Crippen LogP contribution in [0.25, 0.3) is 0 Å². The van der Waals surface area contributed by atoms with Gasteiger partial charge in [-0.3, -0.25) is 14.5 Å². The van der Waals surface area contributed by atoms with Crippen LogP contribution in [0.1, 0.15) is 10.4 Å². The lowest BCUT2D eigenvalue weighted by Crippen LogP contribution is -2.46. The number of rotatable bonds is 2. The van der Waals surface area contributed by atoms with Crippen molar-refractivity contribution < 1.29 is 9.59 Å². The molecule has 1 aliphatic heterocycles. The van der Waals surface area contributed by atoms with Gasteiger partial charge in [-0.1, -0.05) is 12.1 Å². The second-order valence-corrected chi connectivity index (χ2v) is 5.77. The molecule has 118 valence electrons. The fourth-order valence-electron chi connectivity index (χ4n) is 2.68. The average molecular weight is 309 g/mol. The van der Waals surface area contributed by atoms with Crippen molar-refractivity contribution in [3.8, 4) is 0 Å². The third-order valence-electron chi connectivity index (χ3n) is 4.08. The first-order valence-electron chi connectivity index (χ1n) is 7.44. The predicted molar refractivity (Wildman–Crippen MR) is 92.3 cm³/mol.